The summed E-state index contributed by atoms with van der Waals surface area (Å²) in [5.74, 6) is -0.835. The van der Waals surface area contributed by atoms with Gasteiger partial charge in [-0.15, -0.1) is 0 Å². The number of nitrogens with two attached hydrogens (primary N) is 1. The normalized spacial score (nSPS) is 14.4. The number of amides is 1. The number of halogens is 1. The van der Waals surface area contributed by atoms with Crippen LogP contribution in [0.1, 0.15) is 34.7 Å². The number of primary amides is 1. The van der Waals surface area contributed by atoms with E-state index in [-0.39, 0.29) is 11.5 Å². The van der Waals surface area contributed by atoms with Crippen molar-refractivity contribution in [1.29, 1.82) is 0 Å². The SMILES string of the molecule is CS(=O)(=O)Nc1cn2nc(-c3ccc(F)cc3)c(C(N)=O)c2cc1C1CC1. The van der Waals surface area contributed by atoms with Crippen molar-refractivity contribution in [1.82, 2.24) is 9.61 Å². The molecule has 7 nitrogen and oxygen atoms in total. The molecule has 1 saturated carbocycles. The van der Waals surface area contributed by atoms with Gasteiger partial charge in [-0.1, -0.05) is 0 Å². The molecule has 1 amide bonds. The summed E-state index contributed by atoms with van der Waals surface area (Å²) in [5, 5.41) is 4.40. The van der Waals surface area contributed by atoms with Crippen molar-refractivity contribution in [3.8, 4) is 11.3 Å². The molecular weight excluding hydrogens is 371 g/mol. The molecule has 1 aliphatic rings. The van der Waals surface area contributed by atoms with Crippen molar-refractivity contribution < 1.29 is 17.6 Å². The lowest BCUT2D eigenvalue weighted by atomic mass is 10.0. The molecule has 0 atom stereocenters. The standard InChI is InChI=1S/C18H17FN4O3S/c1-27(25,26)22-14-9-23-15(8-13(14)10-2-3-10)16(18(20)24)17(21-23)11-4-6-12(19)7-5-11/h4-10,22H,2-3H2,1H3,(H2,20,24). The highest BCUT2D eigenvalue weighted by molar-refractivity contribution is 7.92. The molecule has 0 saturated heterocycles. The number of fused-ring (bicyclic) bond motifs is 1. The average molecular weight is 388 g/mol. The molecule has 9 heteroatoms. The maximum absolute atomic E-state index is 13.2. The Balaban J connectivity index is 1.97. The van der Waals surface area contributed by atoms with Gasteiger partial charge in [-0.05, 0) is 54.7 Å². The number of nitrogens with one attached hydrogen (secondary N) is 1. The van der Waals surface area contributed by atoms with Crippen LogP contribution < -0.4 is 10.5 Å². The van der Waals surface area contributed by atoms with Gasteiger partial charge in [0.05, 0.1) is 29.2 Å². The topological polar surface area (TPSA) is 107 Å². The molecule has 4 rings (SSSR count). The predicted octanol–water partition coefficient (Wildman–Crippen LogP) is 2.49. The van der Waals surface area contributed by atoms with E-state index in [2.05, 4.69) is 9.82 Å². The second-order valence-electron chi connectivity index (χ2n) is 6.72. The van der Waals surface area contributed by atoms with Crippen molar-refractivity contribution in [3.63, 3.8) is 0 Å². The van der Waals surface area contributed by atoms with Crippen molar-refractivity contribution >= 4 is 27.1 Å². The molecule has 0 unspecified atom stereocenters. The minimum Gasteiger partial charge on any atom is -0.365 e. The summed E-state index contributed by atoms with van der Waals surface area (Å²) in [6, 6.07) is 7.33. The van der Waals surface area contributed by atoms with Gasteiger partial charge in [-0.2, -0.15) is 5.10 Å². The van der Waals surface area contributed by atoms with Crippen LogP contribution in [-0.2, 0) is 10.0 Å². The Hall–Kier alpha value is -2.94. The summed E-state index contributed by atoms with van der Waals surface area (Å²) >= 11 is 0. The van der Waals surface area contributed by atoms with E-state index in [1.165, 1.54) is 28.8 Å². The van der Waals surface area contributed by atoms with Crippen LogP contribution in [0, 0.1) is 5.82 Å². The second kappa shape index (κ2) is 6.05. The first-order chi connectivity index (χ1) is 12.7. The van der Waals surface area contributed by atoms with E-state index in [1.807, 2.05) is 0 Å². The number of hydrogen-bond donors (Lipinski definition) is 2. The van der Waals surface area contributed by atoms with Crippen LogP contribution in [0.3, 0.4) is 0 Å². The third kappa shape index (κ3) is 3.37. The minimum atomic E-state index is -3.48. The van der Waals surface area contributed by atoms with Crippen LogP contribution in [0.15, 0.2) is 36.5 Å². The molecule has 1 aromatic carbocycles. The van der Waals surface area contributed by atoms with E-state index < -0.39 is 21.7 Å². The molecule has 27 heavy (non-hydrogen) atoms. The number of aromatic nitrogens is 2. The fourth-order valence-electron chi connectivity index (χ4n) is 3.18. The van der Waals surface area contributed by atoms with Gasteiger partial charge in [-0.3, -0.25) is 9.52 Å². The molecule has 1 fully saturated rings. The lowest BCUT2D eigenvalue weighted by molar-refractivity contribution is 0.100. The van der Waals surface area contributed by atoms with E-state index in [1.54, 1.807) is 12.3 Å². The predicted molar refractivity (Wildman–Crippen MR) is 99.5 cm³/mol. The largest absolute Gasteiger partial charge is 0.365 e. The number of hydrogen-bond acceptors (Lipinski definition) is 4. The molecule has 0 aliphatic heterocycles. The Bertz CT molecular complexity index is 1170. The Morgan fingerprint density at radius 3 is 2.52 bits per heavy atom. The zero-order valence-corrected chi connectivity index (χ0v) is 15.3. The molecule has 3 N–H and O–H groups in total. The van der Waals surface area contributed by atoms with Crippen LogP contribution >= 0.6 is 0 Å². The summed E-state index contributed by atoms with van der Waals surface area (Å²) in [4.78, 5) is 12.1. The first-order valence-electron chi connectivity index (χ1n) is 8.33. The Morgan fingerprint density at radius 1 is 1.30 bits per heavy atom. The van der Waals surface area contributed by atoms with Gasteiger partial charge < -0.3 is 5.73 Å². The van der Waals surface area contributed by atoms with Crippen LogP contribution in [0.5, 0.6) is 0 Å². The Morgan fingerprint density at radius 2 is 1.96 bits per heavy atom. The zero-order chi connectivity index (χ0) is 19.3. The van der Waals surface area contributed by atoms with Gasteiger partial charge >= 0.3 is 0 Å². The lowest BCUT2D eigenvalue weighted by Crippen LogP contribution is -2.13. The Labute approximate surface area is 155 Å². The van der Waals surface area contributed by atoms with E-state index in [0.29, 0.717) is 22.5 Å². The van der Waals surface area contributed by atoms with E-state index in [0.717, 1.165) is 24.7 Å². The van der Waals surface area contributed by atoms with E-state index in [9.17, 15) is 17.6 Å². The quantitative estimate of drug-likeness (QED) is 0.700. The van der Waals surface area contributed by atoms with Crippen molar-refractivity contribution in [2.75, 3.05) is 11.0 Å². The van der Waals surface area contributed by atoms with Crippen molar-refractivity contribution in [2.45, 2.75) is 18.8 Å². The molecule has 140 valence electrons. The lowest BCUT2D eigenvalue weighted by Gasteiger charge is -2.11. The van der Waals surface area contributed by atoms with Crippen LogP contribution in [0.2, 0.25) is 0 Å². The summed E-state index contributed by atoms with van der Waals surface area (Å²) in [7, 11) is -3.48. The first kappa shape index (κ1) is 17.5. The summed E-state index contributed by atoms with van der Waals surface area (Å²) < 4.78 is 40.6. The number of nitrogens with zero attached hydrogens (tertiary/aromatic N) is 2. The van der Waals surface area contributed by atoms with E-state index in [4.69, 9.17) is 5.73 Å². The van der Waals surface area contributed by atoms with Gasteiger partial charge in [0.15, 0.2) is 0 Å². The number of benzene rings is 1. The number of carbonyl (C=O) groups is 1. The summed E-state index contributed by atoms with van der Waals surface area (Å²) in [5.41, 5.74) is 8.40. The molecule has 0 spiro atoms. The van der Waals surface area contributed by atoms with Crippen molar-refractivity contribution in [2.24, 2.45) is 5.73 Å². The number of sulfonamides is 1. The number of rotatable bonds is 5. The van der Waals surface area contributed by atoms with E-state index >= 15 is 0 Å². The molecule has 2 aromatic heterocycles. The summed E-state index contributed by atoms with van der Waals surface area (Å²) in [6.45, 7) is 0. The number of carbonyl (C=O) groups excluding carboxylic acids is 1. The second-order valence-corrected chi connectivity index (χ2v) is 8.46. The van der Waals surface area contributed by atoms with Crippen LogP contribution in [0.4, 0.5) is 10.1 Å². The molecule has 0 radical (unpaired) electrons. The van der Waals surface area contributed by atoms with Crippen molar-refractivity contribution in [3.05, 3.63) is 53.5 Å². The average Bonchev–Trinajstić information content (AvgIpc) is 3.34. The monoisotopic (exact) mass is 388 g/mol. The van der Waals surface area contributed by atoms with Crippen LogP contribution in [-0.4, -0.2) is 30.2 Å². The smallest absolute Gasteiger partial charge is 0.253 e. The molecule has 0 bridgehead atoms. The Kier molecular flexibility index (Phi) is 3.92. The molecule has 1 aliphatic carbocycles. The molecule has 2 heterocycles. The highest BCUT2D eigenvalue weighted by Gasteiger charge is 2.29. The fourth-order valence-corrected chi connectivity index (χ4v) is 3.75. The van der Waals surface area contributed by atoms with Gasteiger partial charge in [0.2, 0.25) is 10.0 Å². The van der Waals surface area contributed by atoms with Crippen LogP contribution in [0.25, 0.3) is 16.8 Å². The number of anilines is 1. The number of pyridine rings is 1. The van der Waals surface area contributed by atoms with Gasteiger partial charge in [0.25, 0.3) is 5.91 Å². The highest BCUT2D eigenvalue weighted by Crippen LogP contribution is 2.44. The highest BCUT2D eigenvalue weighted by atomic mass is 32.2. The first-order valence-corrected chi connectivity index (χ1v) is 10.2. The fraction of sp³-hybridized carbons (Fsp3) is 0.222. The van der Waals surface area contributed by atoms with Gasteiger partial charge in [-0.25, -0.2) is 17.3 Å². The molecular formula is C18H17FN4O3S. The maximum Gasteiger partial charge on any atom is 0.253 e. The third-order valence-electron chi connectivity index (χ3n) is 4.48. The zero-order valence-electron chi connectivity index (χ0n) is 14.4. The van der Waals surface area contributed by atoms with Gasteiger partial charge in [0.1, 0.15) is 11.5 Å². The summed E-state index contributed by atoms with van der Waals surface area (Å²) in [6.07, 6.45) is 4.51. The minimum absolute atomic E-state index is 0.217. The van der Waals surface area contributed by atoms with Gasteiger partial charge in [0, 0.05) is 5.56 Å². The molecule has 3 aromatic rings. The maximum atomic E-state index is 13.2. The third-order valence-corrected chi connectivity index (χ3v) is 5.07.